The van der Waals surface area contributed by atoms with Gasteiger partial charge in [0, 0.05) is 24.7 Å². The molecule has 2 saturated heterocycles. The maximum absolute atomic E-state index is 13.7. The summed E-state index contributed by atoms with van der Waals surface area (Å²) in [7, 11) is 0. The lowest BCUT2D eigenvalue weighted by Gasteiger charge is -2.38. The number of nitrogens with two attached hydrogens (primary N) is 1. The van der Waals surface area contributed by atoms with Gasteiger partial charge in [-0.2, -0.15) is 0 Å². The summed E-state index contributed by atoms with van der Waals surface area (Å²) in [5, 5.41) is 9.83. The number of rotatable bonds is 4. The van der Waals surface area contributed by atoms with Crippen LogP contribution in [0.25, 0.3) is 0 Å². The molecule has 1 amide bonds. The summed E-state index contributed by atoms with van der Waals surface area (Å²) in [5.41, 5.74) is 6.18. The zero-order chi connectivity index (χ0) is 16.4. The predicted molar refractivity (Wildman–Crippen MR) is 85.0 cm³/mol. The van der Waals surface area contributed by atoms with Crippen LogP contribution in [0, 0.1) is 5.82 Å². The number of benzene rings is 1. The maximum atomic E-state index is 13.7. The van der Waals surface area contributed by atoms with E-state index in [9.17, 15) is 14.3 Å². The number of piperidine rings is 1. The van der Waals surface area contributed by atoms with Crippen molar-refractivity contribution in [3.8, 4) is 0 Å². The fraction of sp³-hybridized carbons (Fsp3) is 0.588. The van der Waals surface area contributed by atoms with Crippen LogP contribution in [0.5, 0.6) is 0 Å². The number of aliphatic hydroxyl groups excluding tert-OH is 1. The van der Waals surface area contributed by atoms with Crippen LogP contribution in [0.15, 0.2) is 24.3 Å². The van der Waals surface area contributed by atoms with E-state index >= 15 is 0 Å². The van der Waals surface area contributed by atoms with E-state index < -0.39 is 6.10 Å². The van der Waals surface area contributed by atoms with Gasteiger partial charge in [0.2, 0.25) is 5.91 Å². The van der Waals surface area contributed by atoms with E-state index in [2.05, 4.69) is 9.80 Å². The van der Waals surface area contributed by atoms with Gasteiger partial charge < -0.3 is 10.8 Å². The molecule has 0 bridgehead atoms. The normalized spacial score (nSPS) is 27.4. The molecule has 0 saturated carbocycles. The molecule has 2 aliphatic heterocycles. The fourth-order valence-electron chi connectivity index (χ4n) is 3.80. The molecule has 1 aromatic rings. The second-order valence-corrected chi connectivity index (χ2v) is 6.60. The fourth-order valence-corrected chi connectivity index (χ4v) is 3.80. The molecule has 5 nitrogen and oxygen atoms in total. The first kappa shape index (κ1) is 16.4. The Labute approximate surface area is 135 Å². The van der Waals surface area contributed by atoms with Crippen molar-refractivity contribution in [2.24, 2.45) is 5.73 Å². The second-order valence-electron chi connectivity index (χ2n) is 6.60. The van der Waals surface area contributed by atoms with Crippen molar-refractivity contribution in [1.29, 1.82) is 0 Å². The van der Waals surface area contributed by atoms with Crippen molar-refractivity contribution in [2.45, 2.75) is 44.0 Å². The Balaban J connectivity index is 1.56. The van der Waals surface area contributed by atoms with Gasteiger partial charge in [-0.3, -0.25) is 14.6 Å². The number of β-amino-alcohol motifs (C(OH)–C–C–N with tert-alkyl or cyclic N) is 1. The van der Waals surface area contributed by atoms with Crippen LogP contribution in [-0.2, 0) is 11.3 Å². The third-order valence-electron chi connectivity index (χ3n) is 5.02. The molecule has 6 heteroatoms. The van der Waals surface area contributed by atoms with Crippen molar-refractivity contribution in [3.63, 3.8) is 0 Å². The Kier molecular flexibility index (Phi) is 4.94. The van der Waals surface area contributed by atoms with Crippen molar-refractivity contribution in [2.75, 3.05) is 19.6 Å². The summed E-state index contributed by atoms with van der Waals surface area (Å²) < 4.78 is 13.7. The largest absolute Gasteiger partial charge is 0.392 e. The Bertz CT molecular complexity index is 561. The van der Waals surface area contributed by atoms with Crippen molar-refractivity contribution < 1.29 is 14.3 Å². The highest BCUT2D eigenvalue weighted by Crippen LogP contribution is 2.27. The average Bonchev–Trinajstić information content (AvgIpc) is 2.93. The molecule has 2 aliphatic rings. The van der Waals surface area contributed by atoms with E-state index in [-0.39, 0.29) is 23.8 Å². The summed E-state index contributed by atoms with van der Waals surface area (Å²) >= 11 is 0. The number of hydrogen-bond donors (Lipinski definition) is 2. The molecule has 2 atom stereocenters. The maximum Gasteiger partial charge on any atom is 0.234 e. The van der Waals surface area contributed by atoms with Crippen LogP contribution < -0.4 is 5.73 Å². The van der Waals surface area contributed by atoms with Crippen LogP contribution in [0.4, 0.5) is 4.39 Å². The third-order valence-corrected chi connectivity index (χ3v) is 5.02. The Hall–Kier alpha value is -1.50. The highest BCUT2D eigenvalue weighted by atomic mass is 19.1. The minimum atomic E-state index is -0.469. The topological polar surface area (TPSA) is 69.8 Å². The van der Waals surface area contributed by atoms with Crippen LogP contribution in [-0.4, -0.2) is 58.6 Å². The molecule has 0 aromatic heterocycles. The summed E-state index contributed by atoms with van der Waals surface area (Å²) in [5.74, 6) is -0.513. The molecule has 3 rings (SSSR count). The van der Waals surface area contributed by atoms with E-state index in [0.29, 0.717) is 19.5 Å². The monoisotopic (exact) mass is 321 g/mol. The van der Waals surface area contributed by atoms with E-state index in [1.807, 2.05) is 12.1 Å². The second kappa shape index (κ2) is 6.95. The molecule has 0 unspecified atom stereocenters. The van der Waals surface area contributed by atoms with E-state index in [1.54, 1.807) is 6.07 Å². The minimum absolute atomic E-state index is 0.161. The lowest BCUT2D eigenvalue weighted by Crippen LogP contribution is -2.50. The van der Waals surface area contributed by atoms with Crippen LogP contribution in [0.3, 0.4) is 0 Å². The van der Waals surface area contributed by atoms with Gasteiger partial charge in [0.05, 0.1) is 12.1 Å². The number of amides is 1. The molecule has 23 heavy (non-hydrogen) atoms. The van der Waals surface area contributed by atoms with Gasteiger partial charge in [0.15, 0.2) is 0 Å². The number of hydrogen-bond acceptors (Lipinski definition) is 4. The van der Waals surface area contributed by atoms with Crippen molar-refractivity contribution >= 4 is 5.91 Å². The first-order valence-corrected chi connectivity index (χ1v) is 8.23. The number of primary amides is 1. The standard InChI is InChI=1S/C17H24FN3O2/c18-15-4-2-1-3-12(15)10-20-7-5-13(6-8-20)21-11-14(22)9-16(21)17(19)23/h1-4,13-14,16,22H,5-11H2,(H2,19,23)/t14-,16+/m1/s1. The zero-order valence-electron chi connectivity index (χ0n) is 13.2. The molecule has 2 fully saturated rings. The molecular formula is C17H24FN3O2. The number of aliphatic hydroxyl groups is 1. The zero-order valence-corrected chi connectivity index (χ0v) is 13.2. The van der Waals surface area contributed by atoms with Gasteiger partial charge in [-0.05, 0) is 38.4 Å². The number of likely N-dealkylation sites (tertiary alicyclic amines) is 2. The first-order valence-electron chi connectivity index (χ1n) is 8.23. The Morgan fingerprint density at radius 1 is 1.30 bits per heavy atom. The third kappa shape index (κ3) is 3.71. The molecule has 126 valence electrons. The van der Waals surface area contributed by atoms with Gasteiger partial charge in [-0.25, -0.2) is 4.39 Å². The average molecular weight is 321 g/mol. The Morgan fingerprint density at radius 2 is 2.00 bits per heavy atom. The number of halogens is 1. The molecule has 0 spiro atoms. The van der Waals surface area contributed by atoms with Crippen LogP contribution in [0.1, 0.15) is 24.8 Å². The molecular weight excluding hydrogens is 297 g/mol. The summed E-state index contributed by atoms with van der Waals surface area (Å²) in [6.07, 6.45) is 1.78. The first-order chi connectivity index (χ1) is 11.0. The van der Waals surface area contributed by atoms with Gasteiger partial charge in [0.25, 0.3) is 0 Å². The summed E-state index contributed by atoms with van der Waals surface area (Å²) in [6, 6.07) is 6.78. The van der Waals surface area contributed by atoms with Crippen LogP contribution in [0.2, 0.25) is 0 Å². The summed E-state index contributed by atoms with van der Waals surface area (Å²) in [4.78, 5) is 15.9. The SMILES string of the molecule is NC(=O)[C@@H]1C[C@@H](O)CN1C1CCN(Cc2ccccc2F)CC1. The van der Waals surface area contributed by atoms with E-state index in [4.69, 9.17) is 5.73 Å². The van der Waals surface area contributed by atoms with E-state index in [1.165, 1.54) is 6.07 Å². The Morgan fingerprint density at radius 3 is 2.65 bits per heavy atom. The minimum Gasteiger partial charge on any atom is -0.392 e. The van der Waals surface area contributed by atoms with Crippen LogP contribution >= 0.6 is 0 Å². The molecule has 0 aliphatic carbocycles. The smallest absolute Gasteiger partial charge is 0.234 e. The quantitative estimate of drug-likeness (QED) is 0.857. The van der Waals surface area contributed by atoms with Crippen molar-refractivity contribution in [3.05, 3.63) is 35.6 Å². The molecule has 1 aromatic carbocycles. The number of carbonyl (C=O) groups is 1. The molecule has 3 N–H and O–H groups in total. The number of carbonyl (C=O) groups excluding carboxylic acids is 1. The van der Waals surface area contributed by atoms with Crippen molar-refractivity contribution in [1.82, 2.24) is 9.80 Å². The lowest BCUT2D eigenvalue weighted by atomic mass is 10.0. The van der Waals surface area contributed by atoms with Gasteiger partial charge in [0.1, 0.15) is 5.82 Å². The highest BCUT2D eigenvalue weighted by molar-refractivity contribution is 5.80. The van der Waals surface area contributed by atoms with Gasteiger partial charge >= 0.3 is 0 Å². The van der Waals surface area contributed by atoms with Gasteiger partial charge in [-0.15, -0.1) is 0 Å². The summed E-state index contributed by atoms with van der Waals surface area (Å²) in [6.45, 7) is 2.85. The number of nitrogens with zero attached hydrogens (tertiary/aromatic N) is 2. The highest BCUT2D eigenvalue weighted by Gasteiger charge is 2.39. The lowest BCUT2D eigenvalue weighted by molar-refractivity contribution is -0.123. The molecule has 0 radical (unpaired) electrons. The molecule has 2 heterocycles. The van der Waals surface area contributed by atoms with Gasteiger partial charge in [-0.1, -0.05) is 18.2 Å². The predicted octanol–water partition coefficient (Wildman–Crippen LogP) is 0.711. The van der Waals surface area contributed by atoms with E-state index in [0.717, 1.165) is 31.5 Å².